The number of hydrogen-bond acceptors (Lipinski definition) is 5. The summed E-state index contributed by atoms with van der Waals surface area (Å²) in [6.45, 7) is 5.35. The first kappa shape index (κ1) is 21.7. The number of nitrogens with one attached hydrogen (secondary N) is 1. The van der Waals surface area contributed by atoms with E-state index in [0.717, 1.165) is 0 Å². The maximum atomic E-state index is 13.2. The van der Waals surface area contributed by atoms with Gasteiger partial charge in [-0.25, -0.2) is 9.18 Å². The molecule has 0 aliphatic carbocycles. The minimum Gasteiger partial charge on any atom is -0.493 e. The number of amides is 1. The predicted molar refractivity (Wildman–Crippen MR) is 108 cm³/mol. The van der Waals surface area contributed by atoms with Crippen LogP contribution in [0, 0.1) is 5.82 Å². The Morgan fingerprint density at radius 1 is 1.21 bits per heavy atom. The van der Waals surface area contributed by atoms with Crippen LogP contribution in [0.25, 0.3) is 6.08 Å². The Kier molecular flexibility index (Phi) is 7.97. The zero-order valence-electron chi connectivity index (χ0n) is 16.2. The van der Waals surface area contributed by atoms with Crippen molar-refractivity contribution in [1.82, 2.24) is 0 Å². The molecule has 0 saturated heterocycles. The first-order valence-electron chi connectivity index (χ1n) is 8.79. The lowest BCUT2D eigenvalue weighted by Gasteiger charge is -2.12. The van der Waals surface area contributed by atoms with Crippen molar-refractivity contribution in [3.05, 3.63) is 72.6 Å². The smallest absolute Gasteiger partial charge is 0.331 e. The van der Waals surface area contributed by atoms with Crippen LogP contribution in [0.4, 0.5) is 10.1 Å². The molecule has 152 valence electrons. The molecule has 0 radical (unpaired) electrons. The SMILES string of the molecule is C=CCOc1ccc(/C=C/C(=O)O[C@H](C)C(=O)Nc2cccc(F)c2)cc1OC. The van der Waals surface area contributed by atoms with E-state index in [9.17, 15) is 14.0 Å². The van der Waals surface area contributed by atoms with E-state index in [0.29, 0.717) is 23.7 Å². The molecule has 0 saturated carbocycles. The van der Waals surface area contributed by atoms with Crippen molar-refractivity contribution in [3.63, 3.8) is 0 Å². The van der Waals surface area contributed by atoms with Crippen molar-refractivity contribution in [3.8, 4) is 11.5 Å². The molecular formula is C22H22FNO5. The van der Waals surface area contributed by atoms with Gasteiger partial charge in [0.05, 0.1) is 7.11 Å². The van der Waals surface area contributed by atoms with Gasteiger partial charge in [0.25, 0.3) is 5.91 Å². The second-order valence-electron chi connectivity index (χ2n) is 5.92. The molecular weight excluding hydrogens is 377 g/mol. The Labute approximate surface area is 168 Å². The summed E-state index contributed by atoms with van der Waals surface area (Å²) in [6, 6.07) is 10.6. The van der Waals surface area contributed by atoms with Gasteiger partial charge in [0.15, 0.2) is 17.6 Å². The van der Waals surface area contributed by atoms with Gasteiger partial charge in [-0.15, -0.1) is 0 Å². The van der Waals surface area contributed by atoms with Crippen LogP contribution in [-0.4, -0.2) is 31.7 Å². The Hall–Kier alpha value is -3.61. The third-order valence-corrected chi connectivity index (χ3v) is 3.71. The van der Waals surface area contributed by atoms with Crippen LogP contribution >= 0.6 is 0 Å². The molecule has 0 aromatic heterocycles. The number of halogens is 1. The molecule has 0 aliphatic heterocycles. The van der Waals surface area contributed by atoms with Crippen molar-refractivity contribution in [1.29, 1.82) is 0 Å². The number of hydrogen-bond donors (Lipinski definition) is 1. The van der Waals surface area contributed by atoms with Crippen molar-refractivity contribution in [2.45, 2.75) is 13.0 Å². The topological polar surface area (TPSA) is 73.9 Å². The molecule has 2 aromatic carbocycles. The predicted octanol–water partition coefficient (Wildman–Crippen LogP) is 3.98. The standard InChI is InChI=1S/C22H22FNO5/c1-4-12-28-19-10-8-16(13-20(19)27-3)9-11-21(25)29-15(2)22(26)24-18-7-5-6-17(23)14-18/h4-11,13-15H,1,12H2,2-3H3,(H,24,26)/b11-9+/t15-/m1/s1. The van der Waals surface area contributed by atoms with Crippen molar-refractivity contribution in [2.75, 3.05) is 19.0 Å². The van der Waals surface area contributed by atoms with Crippen LogP contribution in [0.15, 0.2) is 61.2 Å². The normalized spacial score (nSPS) is 11.6. The van der Waals surface area contributed by atoms with E-state index in [-0.39, 0.29) is 5.69 Å². The van der Waals surface area contributed by atoms with Gasteiger partial charge in [-0.2, -0.15) is 0 Å². The van der Waals surface area contributed by atoms with Crippen molar-refractivity contribution < 1.29 is 28.2 Å². The van der Waals surface area contributed by atoms with Gasteiger partial charge in [0.2, 0.25) is 0 Å². The molecule has 0 unspecified atom stereocenters. The highest BCUT2D eigenvalue weighted by Crippen LogP contribution is 2.28. The maximum Gasteiger partial charge on any atom is 0.331 e. The summed E-state index contributed by atoms with van der Waals surface area (Å²) in [6.07, 6.45) is 3.29. The fraction of sp³-hybridized carbons (Fsp3) is 0.182. The molecule has 6 nitrogen and oxygen atoms in total. The first-order chi connectivity index (χ1) is 13.9. The van der Waals surface area contributed by atoms with Gasteiger partial charge < -0.3 is 19.5 Å². The fourth-order valence-corrected chi connectivity index (χ4v) is 2.30. The lowest BCUT2D eigenvalue weighted by Crippen LogP contribution is -2.29. The molecule has 0 spiro atoms. The number of anilines is 1. The molecule has 0 aliphatic rings. The number of esters is 1. The Bertz CT molecular complexity index is 910. The number of rotatable bonds is 9. The molecule has 2 aromatic rings. The minimum absolute atomic E-state index is 0.277. The Morgan fingerprint density at radius 2 is 2.00 bits per heavy atom. The van der Waals surface area contributed by atoms with Gasteiger partial charge >= 0.3 is 5.97 Å². The molecule has 7 heteroatoms. The highest BCUT2D eigenvalue weighted by atomic mass is 19.1. The maximum absolute atomic E-state index is 13.2. The van der Waals surface area contributed by atoms with Crippen LogP contribution in [0.3, 0.4) is 0 Å². The van der Waals surface area contributed by atoms with Crippen LogP contribution in [-0.2, 0) is 14.3 Å². The summed E-state index contributed by atoms with van der Waals surface area (Å²) in [4.78, 5) is 24.1. The number of carbonyl (C=O) groups is 2. The van der Waals surface area contributed by atoms with E-state index >= 15 is 0 Å². The lowest BCUT2D eigenvalue weighted by molar-refractivity contribution is -0.148. The monoisotopic (exact) mass is 399 g/mol. The molecule has 1 atom stereocenters. The van der Waals surface area contributed by atoms with E-state index in [2.05, 4.69) is 11.9 Å². The second-order valence-corrected chi connectivity index (χ2v) is 5.92. The molecule has 29 heavy (non-hydrogen) atoms. The Morgan fingerprint density at radius 3 is 2.69 bits per heavy atom. The van der Waals surface area contributed by atoms with E-state index in [1.165, 1.54) is 50.5 Å². The fourth-order valence-electron chi connectivity index (χ4n) is 2.30. The van der Waals surface area contributed by atoms with Gasteiger partial charge in [0, 0.05) is 11.8 Å². The molecule has 1 N–H and O–H groups in total. The van der Waals surface area contributed by atoms with Crippen LogP contribution in [0.5, 0.6) is 11.5 Å². The first-order valence-corrected chi connectivity index (χ1v) is 8.79. The molecule has 0 fully saturated rings. The summed E-state index contributed by atoms with van der Waals surface area (Å²) in [5.74, 6) is -0.688. The van der Waals surface area contributed by atoms with Crippen LogP contribution in [0.2, 0.25) is 0 Å². The van der Waals surface area contributed by atoms with Gasteiger partial charge in [-0.1, -0.05) is 24.8 Å². The largest absolute Gasteiger partial charge is 0.493 e. The van der Waals surface area contributed by atoms with Crippen molar-refractivity contribution in [2.24, 2.45) is 0 Å². The van der Waals surface area contributed by atoms with Crippen molar-refractivity contribution >= 4 is 23.6 Å². The van der Waals surface area contributed by atoms with E-state index in [1.54, 1.807) is 24.3 Å². The van der Waals surface area contributed by atoms with E-state index < -0.39 is 23.8 Å². The summed E-state index contributed by atoms with van der Waals surface area (Å²) >= 11 is 0. The third kappa shape index (κ3) is 6.80. The van der Waals surface area contributed by atoms with Gasteiger partial charge in [-0.05, 0) is 48.9 Å². The molecule has 0 bridgehead atoms. The minimum atomic E-state index is -1.06. The zero-order valence-corrected chi connectivity index (χ0v) is 16.2. The highest BCUT2D eigenvalue weighted by molar-refractivity contribution is 5.96. The van der Waals surface area contributed by atoms with Gasteiger partial charge in [-0.3, -0.25) is 4.79 Å². The number of benzene rings is 2. The average molecular weight is 399 g/mol. The third-order valence-electron chi connectivity index (χ3n) is 3.71. The lowest BCUT2D eigenvalue weighted by atomic mass is 10.2. The average Bonchev–Trinajstić information content (AvgIpc) is 2.70. The molecule has 2 rings (SSSR count). The quantitative estimate of drug-likeness (QED) is 0.392. The second kappa shape index (κ2) is 10.7. The summed E-state index contributed by atoms with van der Waals surface area (Å²) in [5, 5.41) is 2.48. The zero-order chi connectivity index (χ0) is 21.2. The summed E-state index contributed by atoms with van der Waals surface area (Å²) < 4.78 is 29.0. The van der Waals surface area contributed by atoms with Crippen LogP contribution < -0.4 is 14.8 Å². The van der Waals surface area contributed by atoms with E-state index in [4.69, 9.17) is 14.2 Å². The van der Waals surface area contributed by atoms with Gasteiger partial charge in [0.1, 0.15) is 12.4 Å². The molecule has 0 heterocycles. The number of methoxy groups -OCH3 is 1. The number of carbonyl (C=O) groups excluding carboxylic acids is 2. The number of ether oxygens (including phenoxy) is 3. The van der Waals surface area contributed by atoms with Crippen LogP contribution in [0.1, 0.15) is 12.5 Å². The highest BCUT2D eigenvalue weighted by Gasteiger charge is 2.17. The summed E-state index contributed by atoms with van der Waals surface area (Å²) in [7, 11) is 1.51. The van der Waals surface area contributed by atoms with E-state index in [1.807, 2.05) is 0 Å². The Balaban J connectivity index is 1.94. The molecule has 1 amide bonds. The summed E-state index contributed by atoms with van der Waals surface area (Å²) in [5.41, 5.74) is 0.959.